The van der Waals surface area contributed by atoms with E-state index < -0.39 is 0 Å². The summed E-state index contributed by atoms with van der Waals surface area (Å²) in [6.07, 6.45) is 0. The van der Waals surface area contributed by atoms with Gasteiger partial charge in [0.15, 0.2) is 11.1 Å². The molecule has 0 amide bonds. The van der Waals surface area contributed by atoms with E-state index in [4.69, 9.17) is 16.9 Å². The summed E-state index contributed by atoms with van der Waals surface area (Å²) >= 11 is 3.19. The Morgan fingerprint density at radius 1 is 1.56 bits per heavy atom. The zero-order valence-electron chi connectivity index (χ0n) is 8.43. The fraction of sp³-hybridized carbons (Fsp3) is 0.429. The van der Waals surface area contributed by atoms with Crippen molar-refractivity contribution in [1.82, 2.24) is 4.98 Å². The summed E-state index contributed by atoms with van der Waals surface area (Å²) < 4.78 is 0. The molecule has 1 aromatic rings. The minimum Gasteiger partial charge on any atom is -0.370 e. The third-order valence-electron chi connectivity index (χ3n) is 1.31. The lowest BCUT2D eigenvalue weighted by Crippen LogP contribution is -2.20. The van der Waals surface area contributed by atoms with Crippen LogP contribution in [0.15, 0.2) is 5.38 Å². The molecule has 0 radical (unpaired) electrons. The van der Waals surface area contributed by atoms with Crippen LogP contribution in [-0.2, 0) is 5.75 Å². The highest BCUT2D eigenvalue weighted by atomic mass is 35.5. The molecule has 0 aliphatic heterocycles. The van der Waals surface area contributed by atoms with E-state index in [2.05, 4.69) is 10.3 Å². The van der Waals surface area contributed by atoms with Gasteiger partial charge in [0.2, 0.25) is 0 Å². The molecule has 0 aliphatic carbocycles. The maximum atomic E-state index is 7.02. The second-order valence-electron chi connectivity index (χ2n) is 2.52. The van der Waals surface area contributed by atoms with Crippen LogP contribution in [0.5, 0.6) is 0 Å². The van der Waals surface area contributed by atoms with Gasteiger partial charge in [0.1, 0.15) is 0 Å². The number of nitrogens with two attached hydrogens (primary N) is 2. The van der Waals surface area contributed by atoms with Crippen LogP contribution in [0.3, 0.4) is 0 Å². The van der Waals surface area contributed by atoms with Crippen molar-refractivity contribution in [3.8, 4) is 0 Å². The van der Waals surface area contributed by atoms with E-state index in [-0.39, 0.29) is 30.8 Å². The third-order valence-corrected chi connectivity index (χ3v) is 3.14. The van der Waals surface area contributed by atoms with Crippen molar-refractivity contribution >= 4 is 59.0 Å². The zero-order valence-corrected chi connectivity index (χ0v) is 11.7. The standard InChI is InChI=1S/C7H13N5S2.2ClH/c8-1-2-13-3-5-4-14-7(11-5)12-6(9)10;;/h4H,1-3,8H2,(H4,9,10,11,12);2*1H. The van der Waals surface area contributed by atoms with Crippen molar-refractivity contribution in [2.45, 2.75) is 5.75 Å². The first-order valence-electron chi connectivity index (χ1n) is 4.05. The minimum absolute atomic E-state index is 0. The van der Waals surface area contributed by atoms with E-state index in [1.165, 1.54) is 11.3 Å². The maximum absolute atomic E-state index is 7.02. The summed E-state index contributed by atoms with van der Waals surface area (Å²) in [5.41, 5.74) is 11.5. The number of nitrogens with one attached hydrogen (secondary N) is 2. The SMILES string of the molecule is Cl.Cl.N=C(N)Nc1nc(CSCCN)cs1. The molecule has 0 saturated carbocycles. The number of halogens is 2. The number of guanidine groups is 1. The predicted molar refractivity (Wildman–Crippen MR) is 77.4 cm³/mol. The number of aromatic nitrogens is 1. The van der Waals surface area contributed by atoms with Gasteiger partial charge >= 0.3 is 0 Å². The molecule has 0 bridgehead atoms. The van der Waals surface area contributed by atoms with Crippen molar-refractivity contribution in [2.75, 3.05) is 17.6 Å². The number of hydrogen-bond acceptors (Lipinski definition) is 5. The van der Waals surface area contributed by atoms with Gasteiger partial charge in [-0.1, -0.05) is 0 Å². The van der Waals surface area contributed by atoms with Crippen LogP contribution in [0, 0.1) is 5.41 Å². The first kappa shape index (κ1) is 18.2. The average Bonchev–Trinajstić information content (AvgIpc) is 2.52. The van der Waals surface area contributed by atoms with E-state index in [0.29, 0.717) is 11.7 Å². The fourth-order valence-corrected chi connectivity index (χ4v) is 2.30. The van der Waals surface area contributed by atoms with Gasteiger partial charge in [-0.25, -0.2) is 4.98 Å². The highest BCUT2D eigenvalue weighted by Crippen LogP contribution is 2.18. The lowest BCUT2D eigenvalue weighted by atomic mass is 10.6. The summed E-state index contributed by atoms with van der Waals surface area (Å²) in [6, 6.07) is 0. The second-order valence-corrected chi connectivity index (χ2v) is 4.49. The molecule has 0 atom stereocenters. The molecular formula is C7H15Cl2N5S2. The van der Waals surface area contributed by atoms with Crippen LogP contribution in [0.2, 0.25) is 0 Å². The Kier molecular flexibility index (Phi) is 11.3. The summed E-state index contributed by atoms with van der Waals surface area (Å²) in [5.74, 6) is 1.71. The van der Waals surface area contributed by atoms with Gasteiger partial charge in [-0.3, -0.25) is 5.41 Å². The minimum atomic E-state index is -0.0829. The Morgan fingerprint density at radius 3 is 2.81 bits per heavy atom. The number of thiazole rings is 1. The Hall–Kier alpha value is -0.210. The molecule has 5 nitrogen and oxygen atoms in total. The number of nitrogens with zero attached hydrogens (tertiary/aromatic N) is 1. The van der Waals surface area contributed by atoms with Crippen LogP contribution in [0.25, 0.3) is 0 Å². The van der Waals surface area contributed by atoms with Crippen LogP contribution >= 0.6 is 47.9 Å². The van der Waals surface area contributed by atoms with Crippen molar-refractivity contribution in [1.29, 1.82) is 5.41 Å². The smallest absolute Gasteiger partial charge is 0.192 e. The first-order valence-corrected chi connectivity index (χ1v) is 6.09. The molecule has 0 fully saturated rings. The normalized spacial score (nSPS) is 8.81. The van der Waals surface area contributed by atoms with Gasteiger partial charge < -0.3 is 16.8 Å². The molecule has 1 heterocycles. The molecule has 1 aromatic heterocycles. The lowest BCUT2D eigenvalue weighted by Gasteiger charge is -1.97. The largest absolute Gasteiger partial charge is 0.370 e. The summed E-state index contributed by atoms with van der Waals surface area (Å²) in [5, 5.41) is 12.3. The van der Waals surface area contributed by atoms with Gasteiger partial charge in [0, 0.05) is 23.4 Å². The monoisotopic (exact) mass is 303 g/mol. The molecule has 0 spiro atoms. The Bertz CT molecular complexity index is 307. The van der Waals surface area contributed by atoms with Crippen molar-refractivity contribution in [2.24, 2.45) is 11.5 Å². The first-order chi connectivity index (χ1) is 6.72. The molecule has 0 aromatic carbocycles. The number of rotatable bonds is 5. The third kappa shape index (κ3) is 7.13. The maximum Gasteiger partial charge on any atom is 0.192 e. The topological polar surface area (TPSA) is 101 Å². The molecule has 0 unspecified atom stereocenters. The number of anilines is 1. The molecule has 16 heavy (non-hydrogen) atoms. The summed E-state index contributed by atoms with van der Waals surface area (Å²) in [7, 11) is 0. The van der Waals surface area contributed by atoms with Crippen molar-refractivity contribution < 1.29 is 0 Å². The van der Waals surface area contributed by atoms with Gasteiger partial charge in [-0.15, -0.1) is 36.2 Å². The quantitative estimate of drug-likeness (QED) is 0.375. The van der Waals surface area contributed by atoms with E-state index in [1.54, 1.807) is 11.8 Å². The molecule has 0 saturated heterocycles. The molecule has 6 N–H and O–H groups in total. The fourth-order valence-electron chi connectivity index (χ4n) is 0.806. The van der Waals surface area contributed by atoms with Crippen LogP contribution in [-0.4, -0.2) is 23.2 Å². The Labute approximate surface area is 115 Å². The molecule has 94 valence electrons. The van der Waals surface area contributed by atoms with Crippen LogP contribution < -0.4 is 16.8 Å². The van der Waals surface area contributed by atoms with E-state index >= 15 is 0 Å². The summed E-state index contributed by atoms with van der Waals surface area (Å²) in [4.78, 5) is 4.25. The van der Waals surface area contributed by atoms with Gasteiger partial charge in [0.25, 0.3) is 0 Å². The lowest BCUT2D eigenvalue weighted by molar-refractivity contribution is 1.14. The zero-order chi connectivity index (χ0) is 10.4. The second kappa shape index (κ2) is 9.98. The van der Waals surface area contributed by atoms with Crippen LogP contribution in [0.4, 0.5) is 5.13 Å². The van der Waals surface area contributed by atoms with Crippen molar-refractivity contribution in [3.63, 3.8) is 0 Å². The van der Waals surface area contributed by atoms with Crippen molar-refractivity contribution in [3.05, 3.63) is 11.1 Å². The van der Waals surface area contributed by atoms with Gasteiger partial charge in [-0.2, -0.15) is 11.8 Å². The average molecular weight is 304 g/mol. The van der Waals surface area contributed by atoms with Crippen LogP contribution in [0.1, 0.15) is 5.69 Å². The van der Waals surface area contributed by atoms with Gasteiger partial charge in [0.05, 0.1) is 5.69 Å². The Morgan fingerprint density at radius 2 is 2.25 bits per heavy atom. The molecule has 1 rings (SSSR count). The summed E-state index contributed by atoms with van der Waals surface area (Å²) in [6.45, 7) is 0.688. The van der Waals surface area contributed by atoms with E-state index in [9.17, 15) is 0 Å². The molecule has 9 heteroatoms. The van der Waals surface area contributed by atoms with E-state index in [0.717, 1.165) is 17.2 Å². The van der Waals surface area contributed by atoms with Gasteiger partial charge in [-0.05, 0) is 0 Å². The Balaban J connectivity index is 0. The highest BCUT2D eigenvalue weighted by molar-refractivity contribution is 7.98. The predicted octanol–water partition coefficient (Wildman–Crippen LogP) is 1.48. The number of thioether (sulfide) groups is 1. The molecule has 0 aliphatic rings. The molecular weight excluding hydrogens is 289 g/mol. The highest BCUT2D eigenvalue weighted by Gasteiger charge is 2.01. The number of hydrogen-bond donors (Lipinski definition) is 4. The van der Waals surface area contributed by atoms with E-state index in [1.807, 2.05) is 5.38 Å².